The van der Waals surface area contributed by atoms with Gasteiger partial charge >= 0.3 is 16.5 Å². The second kappa shape index (κ2) is 7.99. The van der Waals surface area contributed by atoms with Crippen molar-refractivity contribution < 1.29 is 30.8 Å². The molecular formula is C8H17NiO3P. The molecule has 1 atom stereocenters. The Bertz CT molecular complexity index is 157. The Hall–Kier alpha value is 0.644. The summed E-state index contributed by atoms with van der Waals surface area (Å²) in [5, 5.41) is 0. The summed E-state index contributed by atoms with van der Waals surface area (Å²) in [4.78, 5) is 20.9. The maximum atomic E-state index is 10.5. The Balaban J connectivity index is 0. The molecule has 5 heteroatoms. The molecule has 13 heavy (non-hydrogen) atoms. The zero-order valence-corrected chi connectivity index (χ0v) is 9.98. The summed E-state index contributed by atoms with van der Waals surface area (Å²) in [5.41, 5.74) is -0.686. The first-order chi connectivity index (χ1) is 5.48. The minimum absolute atomic E-state index is 0. The molecule has 82 valence electrons. The first-order valence-corrected chi connectivity index (χ1v) is 6.11. The molecule has 0 saturated heterocycles. The Morgan fingerprint density at radius 1 is 1.23 bits per heavy atom. The van der Waals surface area contributed by atoms with Gasteiger partial charge in [-0.05, 0) is 12.1 Å². The first-order valence-electron chi connectivity index (χ1n) is 4.50. The van der Waals surface area contributed by atoms with Gasteiger partial charge in [-0.1, -0.05) is 47.1 Å². The summed E-state index contributed by atoms with van der Waals surface area (Å²) in [6.45, 7) is 3.59. The van der Waals surface area contributed by atoms with E-state index in [1.807, 2.05) is 0 Å². The molecule has 0 amide bonds. The van der Waals surface area contributed by atoms with Crippen molar-refractivity contribution in [3.05, 3.63) is 0 Å². The molecule has 0 aromatic carbocycles. The fourth-order valence-electron chi connectivity index (χ4n) is 1.02. The summed E-state index contributed by atoms with van der Waals surface area (Å²) < 4.78 is 10.5. The molecule has 0 aliphatic heterocycles. The van der Waals surface area contributed by atoms with E-state index in [2.05, 4.69) is 6.92 Å². The van der Waals surface area contributed by atoms with E-state index in [0.717, 1.165) is 25.7 Å². The Morgan fingerprint density at radius 2 is 1.77 bits per heavy atom. The molecule has 0 N–H and O–H groups in total. The third kappa shape index (κ3) is 8.96. The SMILES string of the molecule is CCCCCCC(C)P(=O)([O-])[O-].[Ni+2]. The molecule has 0 aliphatic rings. The van der Waals surface area contributed by atoms with Gasteiger partial charge in [0.1, 0.15) is 0 Å². The van der Waals surface area contributed by atoms with Crippen LogP contribution < -0.4 is 9.79 Å². The molecule has 0 fully saturated rings. The number of unbranched alkanes of at least 4 members (excludes halogenated alkanes) is 3. The van der Waals surface area contributed by atoms with Crippen LogP contribution in [-0.2, 0) is 21.1 Å². The predicted molar refractivity (Wildman–Crippen MR) is 45.8 cm³/mol. The molecule has 3 nitrogen and oxygen atoms in total. The molecule has 0 heterocycles. The summed E-state index contributed by atoms with van der Waals surface area (Å²) in [7, 11) is -4.31. The molecule has 0 spiro atoms. The fraction of sp³-hybridized carbons (Fsp3) is 1.00. The average molecular weight is 251 g/mol. The molecule has 0 aliphatic carbocycles. The van der Waals surface area contributed by atoms with E-state index in [1.54, 1.807) is 0 Å². The Morgan fingerprint density at radius 3 is 2.15 bits per heavy atom. The van der Waals surface area contributed by atoms with Gasteiger partial charge in [0.2, 0.25) is 0 Å². The van der Waals surface area contributed by atoms with E-state index in [-0.39, 0.29) is 16.5 Å². The summed E-state index contributed by atoms with van der Waals surface area (Å²) in [6, 6.07) is 0. The average Bonchev–Trinajstić information content (AvgIpc) is 1.96. The summed E-state index contributed by atoms with van der Waals surface area (Å²) in [6.07, 6.45) is 4.64. The van der Waals surface area contributed by atoms with E-state index in [4.69, 9.17) is 0 Å². The predicted octanol–water partition coefficient (Wildman–Crippen LogP) is 1.26. The van der Waals surface area contributed by atoms with Crippen molar-refractivity contribution in [1.82, 2.24) is 0 Å². The van der Waals surface area contributed by atoms with E-state index in [0.29, 0.717) is 6.42 Å². The number of hydrogen-bond acceptors (Lipinski definition) is 3. The van der Waals surface area contributed by atoms with Crippen molar-refractivity contribution in [3.8, 4) is 0 Å². The third-order valence-electron chi connectivity index (χ3n) is 2.02. The normalized spacial score (nSPS) is 13.5. The van der Waals surface area contributed by atoms with Gasteiger partial charge in [-0.3, -0.25) is 0 Å². The van der Waals surface area contributed by atoms with E-state index in [1.165, 1.54) is 6.92 Å². The standard InChI is InChI=1S/C8H19O3P.Ni/c1-3-4-5-6-7-8(2)12(9,10)11;/h8H,3-7H2,1-2H3,(H2,9,10,11);/q;+2/p-2. The van der Waals surface area contributed by atoms with Crippen LogP contribution >= 0.6 is 7.60 Å². The van der Waals surface area contributed by atoms with Gasteiger partial charge in [0.15, 0.2) is 0 Å². The molecule has 0 radical (unpaired) electrons. The van der Waals surface area contributed by atoms with Crippen molar-refractivity contribution >= 4 is 7.60 Å². The Kier molecular flexibility index (Phi) is 9.89. The zero-order valence-electron chi connectivity index (χ0n) is 8.10. The van der Waals surface area contributed by atoms with Crippen LogP contribution in [0.5, 0.6) is 0 Å². The van der Waals surface area contributed by atoms with Crippen molar-refractivity contribution in [2.45, 2.75) is 51.6 Å². The maximum absolute atomic E-state index is 10.5. The van der Waals surface area contributed by atoms with Crippen molar-refractivity contribution in [3.63, 3.8) is 0 Å². The monoisotopic (exact) mass is 250 g/mol. The number of hydrogen-bond donors (Lipinski definition) is 0. The van der Waals surface area contributed by atoms with Crippen LogP contribution in [0.15, 0.2) is 0 Å². The Labute approximate surface area is 90.4 Å². The van der Waals surface area contributed by atoms with Crippen LogP contribution in [-0.4, -0.2) is 5.66 Å². The van der Waals surface area contributed by atoms with Crippen molar-refractivity contribution in [1.29, 1.82) is 0 Å². The van der Waals surface area contributed by atoms with Crippen LogP contribution in [0.25, 0.3) is 0 Å². The minimum Gasteiger partial charge on any atom is -0.811 e. The van der Waals surface area contributed by atoms with E-state index in [9.17, 15) is 14.4 Å². The van der Waals surface area contributed by atoms with Gasteiger partial charge in [0, 0.05) is 0 Å². The third-order valence-corrected chi connectivity index (χ3v) is 3.35. The fourth-order valence-corrected chi connectivity index (χ4v) is 1.52. The molecule has 0 saturated carbocycles. The van der Waals surface area contributed by atoms with Gasteiger partial charge < -0.3 is 14.4 Å². The largest absolute Gasteiger partial charge is 2.00 e. The van der Waals surface area contributed by atoms with Gasteiger partial charge in [-0.15, -0.1) is 0 Å². The molecule has 0 rings (SSSR count). The zero-order chi connectivity index (χ0) is 9.61. The van der Waals surface area contributed by atoms with Gasteiger partial charge in [0.25, 0.3) is 0 Å². The van der Waals surface area contributed by atoms with Crippen LogP contribution in [0.3, 0.4) is 0 Å². The summed E-state index contributed by atoms with van der Waals surface area (Å²) in [5.74, 6) is 0. The van der Waals surface area contributed by atoms with Gasteiger partial charge in [-0.25, -0.2) is 0 Å². The molecular weight excluding hydrogens is 234 g/mol. The van der Waals surface area contributed by atoms with Crippen molar-refractivity contribution in [2.24, 2.45) is 0 Å². The second-order valence-corrected chi connectivity index (χ2v) is 5.20. The number of rotatable bonds is 6. The topological polar surface area (TPSA) is 63.2 Å². The minimum atomic E-state index is -4.31. The van der Waals surface area contributed by atoms with Crippen LogP contribution in [0, 0.1) is 0 Å². The molecule has 0 bridgehead atoms. The smallest absolute Gasteiger partial charge is 0.811 e. The van der Waals surface area contributed by atoms with Crippen molar-refractivity contribution in [2.75, 3.05) is 0 Å². The van der Waals surface area contributed by atoms with Crippen LogP contribution in [0.4, 0.5) is 0 Å². The molecule has 0 aromatic rings. The second-order valence-electron chi connectivity index (χ2n) is 3.24. The van der Waals surface area contributed by atoms with Crippen LogP contribution in [0.2, 0.25) is 0 Å². The molecule has 1 unspecified atom stereocenters. The van der Waals surface area contributed by atoms with Crippen LogP contribution in [0.1, 0.15) is 46.0 Å². The van der Waals surface area contributed by atoms with Gasteiger partial charge in [0.05, 0.1) is 0 Å². The summed E-state index contributed by atoms with van der Waals surface area (Å²) >= 11 is 0. The molecule has 0 aromatic heterocycles. The van der Waals surface area contributed by atoms with E-state index >= 15 is 0 Å². The first kappa shape index (κ1) is 16.1. The van der Waals surface area contributed by atoms with Gasteiger partial charge in [-0.2, -0.15) is 0 Å². The quantitative estimate of drug-likeness (QED) is 0.405. The van der Waals surface area contributed by atoms with E-state index < -0.39 is 13.3 Å². The maximum Gasteiger partial charge on any atom is 2.00 e.